The van der Waals surface area contributed by atoms with Gasteiger partial charge in [0.25, 0.3) is 5.82 Å². The lowest BCUT2D eigenvalue weighted by Crippen LogP contribution is -2.10. The lowest BCUT2D eigenvalue weighted by atomic mass is 10.2. The van der Waals surface area contributed by atoms with Gasteiger partial charge in [0, 0.05) is 17.1 Å². The molecule has 0 unspecified atom stereocenters. The van der Waals surface area contributed by atoms with Crippen molar-refractivity contribution in [2.75, 3.05) is 17.7 Å². The Kier molecular flexibility index (Phi) is 5.55. The minimum absolute atomic E-state index is 0.0229. The first-order chi connectivity index (χ1) is 15.2. The highest BCUT2D eigenvalue weighted by molar-refractivity contribution is 5.91. The number of hydrogen-bond acceptors (Lipinski definition) is 8. The lowest BCUT2D eigenvalue weighted by molar-refractivity contribution is -0.144. The first-order valence-corrected chi connectivity index (χ1v) is 9.57. The lowest BCUT2D eigenvalue weighted by Gasteiger charge is -2.12. The Hall–Kier alpha value is -3.90. The molecule has 0 spiro atoms. The number of hydrogen-bond donors (Lipinski definition) is 4. The molecule has 4 rings (SSSR count). The molecule has 0 saturated heterocycles. The minimum Gasteiger partial charge on any atom is -0.497 e. The number of aromatic amines is 2. The van der Waals surface area contributed by atoms with Crippen molar-refractivity contribution < 1.29 is 17.9 Å². The third-order valence-corrected chi connectivity index (χ3v) is 4.88. The molecule has 0 aliphatic carbocycles. The standard InChI is InChI=1S/C19H20F3N9O/c1-9-10(2)28-29-14(9)7-24-18-25-13-6-11(32-3)4-5-12(13)16(27-18)23-8-15-26-17(31-30-15)19(20,21)22/h4-6H,7-8H2,1-3H3,(H,28,29)(H,26,30,31)(H2,23,24,25,27). The molecule has 4 N–H and O–H groups in total. The maximum atomic E-state index is 12.7. The minimum atomic E-state index is -4.62. The largest absolute Gasteiger partial charge is 0.497 e. The van der Waals surface area contributed by atoms with Crippen LogP contribution in [-0.2, 0) is 19.3 Å². The average Bonchev–Trinajstić information content (AvgIpc) is 3.37. The van der Waals surface area contributed by atoms with Crippen LogP contribution >= 0.6 is 0 Å². The summed E-state index contributed by atoms with van der Waals surface area (Å²) in [5.74, 6) is 0.146. The van der Waals surface area contributed by atoms with Gasteiger partial charge in [-0.2, -0.15) is 23.3 Å². The van der Waals surface area contributed by atoms with E-state index in [1.165, 1.54) is 0 Å². The third-order valence-electron chi connectivity index (χ3n) is 4.88. The zero-order valence-corrected chi connectivity index (χ0v) is 17.4. The normalized spacial score (nSPS) is 11.7. The maximum Gasteiger partial charge on any atom is 0.453 e. The number of alkyl halides is 3. The molecular formula is C19H20F3N9O. The van der Waals surface area contributed by atoms with Crippen LogP contribution in [-0.4, -0.2) is 42.5 Å². The Bertz CT molecular complexity index is 1250. The molecule has 0 fully saturated rings. The Morgan fingerprint density at radius 2 is 1.81 bits per heavy atom. The average molecular weight is 447 g/mol. The van der Waals surface area contributed by atoms with Crippen LogP contribution in [0.2, 0.25) is 0 Å². The van der Waals surface area contributed by atoms with E-state index in [-0.39, 0.29) is 12.4 Å². The van der Waals surface area contributed by atoms with Crippen LogP contribution in [0.3, 0.4) is 0 Å². The number of aromatic nitrogens is 7. The van der Waals surface area contributed by atoms with Gasteiger partial charge in [-0.3, -0.25) is 10.2 Å². The molecule has 0 bridgehead atoms. The molecule has 13 heteroatoms. The van der Waals surface area contributed by atoms with E-state index in [1.807, 2.05) is 13.8 Å². The van der Waals surface area contributed by atoms with Crippen molar-refractivity contribution >= 4 is 22.7 Å². The second-order valence-corrected chi connectivity index (χ2v) is 7.01. The van der Waals surface area contributed by atoms with Crippen LogP contribution in [0.15, 0.2) is 18.2 Å². The number of nitrogens with zero attached hydrogens (tertiary/aromatic N) is 5. The number of fused-ring (bicyclic) bond motifs is 1. The van der Waals surface area contributed by atoms with Crippen molar-refractivity contribution in [2.45, 2.75) is 33.1 Å². The molecule has 32 heavy (non-hydrogen) atoms. The van der Waals surface area contributed by atoms with Gasteiger partial charge in [-0.05, 0) is 31.5 Å². The molecule has 3 aromatic heterocycles. The molecule has 3 heterocycles. The van der Waals surface area contributed by atoms with Crippen LogP contribution < -0.4 is 15.4 Å². The molecule has 1 aromatic carbocycles. The first kappa shape index (κ1) is 21.3. The molecule has 0 aliphatic heterocycles. The van der Waals surface area contributed by atoms with Gasteiger partial charge in [0.1, 0.15) is 17.4 Å². The number of nitrogens with one attached hydrogen (secondary N) is 4. The molecule has 10 nitrogen and oxygen atoms in total. The van der Waals surface area contributed by atoms with Gasteiger partial charge in [-0.1, -0.05) is 0 Å². The fourth-order valence-corrected chi connectivity index (χ4v) is 2.99. The highest BCUT2D eigenvalue weighted by Gasteiger charge is 2.36. The molecule has 168 valence electrons. The zero-order valence-electron chi connectivity index (χ0n) is 17.4. The molecule has 0 atom stereocenters. The monoisotopic (exact) mass is 447 g/mol. The summed E-state index contributed by atoms with van der Waals surface area (Å²) in [6, 6.07) is 5.26. The molecule has 0 aliphatic rings. The molecule has 0 saturated carbocycles. The second-order valence-electron chi connectivity index (χ2n) is 7.01. The number of ether oxygens (including phenoxy) is 1. The Labute approximate surface area is 180 Å². The topological polar surface area (TPSA) is 129 Å². The quantitative estimate of drug-likeness (QED) is 0.340. The Balaban J connectivity index is 1.60. The van der Waals surface area contributed by atoms with Gasteiger partial charge in [-0.15, -0.1) is 5.10 Å². The van der Waals surface area contributed by atoms with Crippen molar-refractivity contribution in [2.24, 2.45) is 0 Å². The van der Waals surface area contributed by atoms with E-state index in [0.29, 0.717) is 35.0 Å². The number of rotatable bonds is 7. The van der Waals surface area contributed by atoms with Crippen molar-refractivity contribution in [3.63, 3.8) is 0 Å². The van der Waals surface area contributed by atoms with Crippen molar-refractivity contribution in [1.82, 2.24) is 35.3 Å². The zero-order chi connectivity index (χ0) is 22.9. The predicted octanol–water partition coefficient (Wildman–Crippen LogP) is 3.34. The third kappa shape index (κ3) is 4.40. The maximum absolute atomic E-state index is 12.7. The Morgan fingerprint density at radius 1 is 1.00 bits per heavy atom. The van der Waals surface area contributed by atoms with Crippen molar-refractivity contribution in [3.05, 3.63) is 46.8 Å². The van der Waals surface area contributed by atoms with E-state index < -0.39 is 12.0 Å². The highest BCUT2D eigenvalue weighted by Crippen LogP contribution is 2.28. The van der Waals surface area contributed by atoms with E-state index in [4.69, 9.17) is 4.74 Å². The van der Waals surface area contributed by atoms with E-state index in [1.54, 1.807) is 25.3 Å². The number of H-pyrrole nitrogens is 2. The predicted molar refractivity (Wildman–Crippen MR) is 110 cm³/mol. The van der Waals surface area contributed by atoms with Crippen LogP contribution in [0.1, 0.15) is 28.6 Å². The van der Waals surface area contributed by atoms with E-state index in [0.717, 1.165) is 17.0 Å². The van der Waals surface area contributed by atoms with Gasteiger partial charge in [0.15, 0.2) is 0 Å². The molecule has 4 aromatic rings. The summed E-state index contributed by atoms with van der Waals surface area (Å²) in [7, 11) is 1.55. The van der Waals surface area contributed by atoms with Crippen molar-refractivity contribution in [3.8, 4) is 5.75 Å². The summed E-state index contributed by atoms with van der Waals surface area (Å²) in [5.41, 5.74) is 3.42. The van der Waals surface area contributed by atoms with E-state index in [9.17, 15) is 13.2 Å². The van der Waals surface area contributed by atoms with Crippen LogP contribution in [0.25, 0.3) is 10.9 Å². The van der Waals surface area contributed by atoms with Crippen molar-refractivity contribution in [1.29, 1.82) is 0 Å². The molecule has 0 radical (unpaired) electrons. The summed E-state index contributed by atoms with van der Waals surface area (Å²) < 4.78 is 43.5. The number of halogens is 3. The SMILES string of the molecule is COc1ccc2c(NCc3nc(C(F)(F)F)n[nH]3)nc(NCc3n[nH]c(C)c3C)nc2c1. The Morgan fingerprint density at radius 3 is 2.47 bits per heavy atom. The van der Waals surface area contributed by atoms with Crippen LogP contribution in [0.5, 0.6) is 5.75 Å². The van der Waals surface area contributed by atoms with Crippen LogP contribution in [0, 0.1) is 13.8 Å². The van der Waals surface area contributed by atoms with Gasteiger partial charge in [0.2, 0.25) is 5.95 Å². The van der Waals surface area contributed by atoms with E-state index in [2.05, 4.69) is 46.0 Å². The second kappa shape index (κ2) is 8.32. The number of aryl methyl sites for hydroxylation is 1. The van der Waals surface area contributed by atoms with Gasteiger partial charge >= 0.3 is 6.18 Å². The van der Waals surface area contributed by atoms with Gasteiger partial charge < -0.3 is 15.4 Å². The summed E-state index contributed by atoms with van der Waals surface area (Å²) in [6.07, 6.45) is -4.62. The first-order valence-electron chi connectivity index (χ1n) is 9.57. The number of benzene rings is 1. The molecular weight excluding hydrogens is 427 g/mol. The van der Waals surface area contributed by atoms with E-state index >= 15 is 0 Å². The van der Waals surface area contributed by atoms with Gasteiger partial charge in [0.05, 0.1) is 31.4 Å². The molecule has 0 amide bonds. The summed E-state index contributed by atoms with van der Waals surface area (Å²) in [6.45, 7) is 4.24. The number of methoxy groups -OCH3 is 1. The van der Waals surface area contributed by atoms with Gasteiger partial charge in [-0.25, -0.2) is 9.97 Å². The summed E-state index contributed by atoms with van der Waals surface area (Å²) in [5, 5.41) is 19.5. The number of anilines is 2. The smallest absolute Gasteiger partial charge is 0.453 e. The fraction of sp³-hybridized carbons (Fsp3) is 0.316. The fourth-order valence-electron chi connectivity index (χ4n) is 2.99. The summed E-state index contributed by atoms with van der Waals surface area (Å²) >= 11 is 0. The highest BCUT2D eigenvalue weighted by atomic mass is 19.4. The summed E-state index contributed by atoms with van der Waals surface area (Å²) in [4.78, 5) is 12.5. The van der Waals surface area contributed by atoms with Crippen LogP contribution in [0.4, 0.5) is 24.9 Å².